The molecule has 0 spiro atoms. The van der Waals surface area contributed by atoms with Gasteiger partial charge in [0.25, 0.3) is 5.91 Å². The van der Waals surface area contributed by atoms with Gasteiger partial charge >= 0.3 is 12.3 Å². The summed E-state index contributed by atoms with van der Waals surface area (Å²) in [7, 11) is -3.91. The van der Waals surface area contributed by atoms with E-state index < -0.39 is 39.8 Å². The van der Waals surface area contributed by atoms with Crippen molar-refractivity contribution in [3.63, 3.8) is 0 Å². The Bertz CT molecular complexity index is 1080. The summed E-state index contributed by atoms with van der Waals surface area (Å²) in [6.07, 6.45) is 0. The fourth-order valence-corrected chi connectivity index (χ4v) is 4.30. The molecule has 0 aliphatic carbocycles. The van der Waals surface area contributed by atoms with E-state index in [1.807, 2.05) is 0 Å². The molecule has 33 heavy (non-hydrogen) atoms. The standard InChI is InChI=1S/C20H23F2N3O7S/c1-3-24(4-2)33(29,30)16-9-10-18(17(11-16)25(27)28)31-13-19(26)23-12-14-5-7-15(8-6-14)32-20(21)22/h5-11,20H,3-4,12-13H2,1-2H3,(H,23,26). The van der Waals surface area contributed by atoms with Crippen molar-refractivity contribution in [1.82, 2.24) is 9.62 Å². The monoisotopic (exact) mass is 487 g/mol. The molecule has 13 heteroatoms. The van der Waals surface area contributed by atoms with Crippen molar-refractivity contribution >= 4 is 21.6 Å². The third-order valence-electron chi connectivity index (χ3n) is 4.47. The van der Waals surface area contributed by atoms with E-state index in [-0.39, 0.29) is 36.0 Å². The van der Waals surface area contributed by atoms with Gasteiger partial charge < -0.3 is 14.8 Å². The van der Waals surface area contributed by atoms with E-state index in [9.17, 15) is 32.1 Å². The van der Waals surface area contributed by atoms with Crippen LogP contribution in [0.3, 0.4) is 0 Å². The largest absolute Gasteiger partial charge is 0.477 e. The van der Waals surface area contributed by atoms with E-state index in [2.05, 4.69) is 10.1 Å². The van der Waals surface area contributed by atoms with Crippen LogP contribution in [0.2, 0.25) is 0 Å². The van der Waals surface area contributed by atoms with Crippen LogP contribution in [0, 0.1) is 10.1 Å². The second-order valence-corrected chi connectivity index (χ2v) is 8.50. The van der Waals surface area contributed by atoms with Crippen LogP contribution in [0.1, 0.15) is 19.4 Å². The van der Waals surface area contributed by atoms with E-state index in [1.165, 1.54) is 30.3 Å². The minimum Gasteiger partial charge on any atom is -0.477 e. The number of hydrogen-bond acceptors (Lipinski definition) is 7. The normalized spacial score (nSPS) is 11.5. The maximum atomic E-state index is 12.6. The quantitative estimate of drug-likeness (QED) is 0.360. The summed E-state index contributed by atoms with van der Waals surface area (Å²) >= 11 is 0. The number of nitrogens with zero attached hydrogens (tertiary/aromatic N) is 2. The summed E-state index contributed by atoms with van der Waals surface area (Å²) in [6.45, 7) is 0.257. The molecular weight excluding hydrogens is 464 g/mol. The molecule has 0 fully saturated rings. The first-order valence-electron chi connectivity index (χ1n) is 9.80. The molecule has 2 aromatic rings. The highest BCUT2D eigenvalue weighted by Gasteiger charge is 2.26. The molecule has 1 N–H and O–H groups in total. The Balaban J connectivity index is 2.02. The van der Waals surface area contributed by atoms with Crippen LogP contribution < -0.4 is 14.8 Å². The van der Waals surface area contributed by atoms with Crippen molar-refractivity contribution in [3.05, 3.63) is 58.1 Å². The SMILES string of the molecule is CCN(CC)S(=O)(=O)c1ccc(OCC(=O)NCc2ccc(OC(F)F)cc2)c([N+](=O)[O-])c1. The maximum absolute atomic E-state index is 12.6. The molecule has 0 saturated heterocycles. The van der Waals surface area contributed by atoms with Crippen molar-refractivity contribution in [2.45, 2.75) is 31.9 Å². The van der Waals surface area contributed by atoms with Crippen LogP contribution in [0.5, 0.6) is 11.5 Å². The number of nitro benzene ring substituents is 1. The van der Waals surface area contributed by atoms with Crippen LogP contribution in [0.25, 0.3) is 0 Å². The maximum Gasteiger partial charge on any atom is 0.387 e. The molecule has 2 aromatic carbocycles. The fourth-order valence-electron chi connectivity index (χ4n) is 2.82. The van der Waals surface area contributed by atoms with E-state index in [0.29, 0.717) is 5.56 Å². The summed E-state index contributed by atoms with van der Waals surface area (Å²) in [5.74, 6) is -0.888. The minimum absolute atomic E-state index is 0.0258. The number of rotatable bonds is 12. The molecule has 0 bridgehead atoms. The lowest BCUT2D eigenvalue weighted by Gasteiger charge is -2.18. The summed E-state index contributed by atoms with van der Waals surface area (Å²) in [5.41, 5.74) is 0.00700. The van der Waals surface area contributed by atoms with Crippen LogP contribution in [-0.4, -0.2) is 49.9 Å². The zero-order valence-electron chi connectivity index (χ0n) is 17.9. The first-order valence-corrected chi connectivity index (χ1v) is 11.2. The smallest absolute Gasteiger partial charge is 0.387 e. The minimum atomic E-state index is -3.91. The number of carbonyl (C=O) groups is 1. The number of sulfonamides is 1. The topological polar surface area (TPSA) is 128 Å². The Morgan fingerprint density at radius 3 is 2.33 bits per heavy atom. The van der Waals surface area contributed by atoms with E-state index in [4.69, 9.17) is 4.74 Å². The van der Waals surface area contributed by atoms with Gasteiger partial charge in [-0.2, -0.15) is 13.1 Å². The van der Waals surface area contributed by atoms with Crippen LogP contribution in [0.15, 0.2) is 47.4 Å². The number of amides is 1. The summed E-state index contributed by atoms with van der Waals surface area (Å²) in [4.78, 5) is 22.4. The molecule has 180 valence electrons. The third kappa shape index (κ3) is 7.08. The Hall–Kier alpha value is -3.32. The number of benzene rings is 2. The number of hydrogen-bond donors (Lipinski definition) is 1. The number of alkyl halides is 2. The molecule has 0 aliphatic heterocycles. The molecular formula is C20H23F2N3O7S. The van der Waals surface area contributed by atoms with E-state index >= 15 is 0 Å². The predicted molar refractivity (Wildman–Crippen MR) is 114 cm³/mol. The van der Waals surface area contributed by atoms with Gasteiger partial charge in [0, 0.05) is 25.7 Å². The zero-order valence-corrected chi connectivity index (χ0v) is 18.7. The molecule has 0 saturated carbocycles. The molecule has 2 rings (SSSR count). The summed E-state index contributed by atoms with van der Waals surface area (Å²) in [5, 5.41) is 13.9. The Labute approximate surface area is 189 Å². The van der Waals surface area contributed by atoms with Gasteiger partial charge in [0.2, 0.25) is 10.0 Å². The number of carbonyl (C=O) groups excluding carboxylic acids is 1. The highest BCUT2D eigenvalue weighted by molar-refractivity contribution is 7.89. The molecule has 1 amide bonds. The van der Waals surface area contributed by atoms with Gasteiger partial charge in [0.1, 0.15) is 5.75 Å². The van der Waals surface area contributed by atoms with Crippen molar-refractivity contribution in [3.8, 4) is 11.5 Å². The van der Waals surface area contributed by atoms with Gasteiger partial charge in [-0.05, 0) is 29.8 Å². The van der Waals surface area contributed by atoms with Gasteiger partial charge in [0.05, 0.1) is 9.82 Å². The van der Waals surface area contributed by atoms with Gasteiger partial charge in [-0.3, -0.25) is 14.9 Å². The zero-order chi connectivity index (χ0) is 24.6. The van der Waals surface area contributed by atoms with Crippen LogP contribution >= 0.6 is 0 Å². The fraction of sp³-hybridized carbons (Fsp3) is 0.350. The van der Waals surface area contributed by atoms with Crippen molar-refractivity contribution in [1.29, 1.82) is 0 Å². The first kappa shape index (κ1) is 25.9. The molecule has 0 aromatic heterocycles. The molecule has 0 aliphatic rings. The third-order valence-corrected chi connectivity index (χ3v) is 6.51. The number of nitrogens with one attached hydrogen (secondary N) is 1. The second-order valence-electron chi connectivity index (χ2n) is 6.56. The van der Waals surface area contributed by atoms with Crippen molar-refractivity contribution < 1.29 is 36.4 Å². The number of halogens is 2. The predicted octanol–water partition coefficient (Wildman–Crippen LogP) is 2.92. The molecule has 0 heterocycles. The summed E-state index contributed by atoms with van der Waals surface area (Å²) < 4.78 is 60.1. The Kier molecular flexibility index (Phi) is 9.05. The van der Waals surface area contributed by atoms with Crippen molar-refractivity contribution in [2.24, 2.45) is 0 Å². The number of ether oxygens (including phenoxy) is 2. The second kappa shape index (κ2) is 11.5. The van der Waals surface area contributed by atoms with Gasteiger partial charge in [-0.25, -0.2) is 8.42 Å². The van der Waals surface area contributed by atoms with Gasteiger partial charge in [-0.1, -0.05) is 26.0 Å². The Morgan fingerprint density at radius 2 is 1.79 bits per heavy atom. The average molecular weight is 487 g/mol. The number of nitro groups is 1. The lowest BCUT2D eigenvalue weighted by atomic mass is 10.2. The van der Waals surface area contributed by atoms with Gasteiger partial charge in [0.15, 0.2) is 12.4 Å². The van der Waals surface area contributed by atoms with Crippen molar-refractivity contribution in [2.75, 3.05) is 19.7 Å². The summed E-state index contributed by atoms with van der Waals surface area (Å²) in [6, 6.07) is 8.81. The lowest BCUT2D eigenvalue weighted by Crippen LogP contribution is -2.30. The van der Waals surface area contributed by atoms with Gasteiger partial charge in [-0.15, -0.1) is 0 Å². The lowest BCUT2D eigenvalue weighted by molar-refractivity contribution is -0.386. The van der Waals surface area contributed by atoms with Crippen LogP contribution in [0.4, 0.5) is 14.5 Å². The van der Waals surface area contributed by atoms with E-state index in [1.54, 1.807) is 13.8 Å². The average Bonchev–Trinajstić information content (AvgIpc) is 2.77. The first-order chi connectivity index (χ1) is 15.6. The molecule has 0 atom stereocenters. The Morgan fingerprint density at radius 1 is 1.15 bits per heavy atom. The highest BCUT2D eigenvalue weighted by atomic mass is 32.2. The van der Waals surface area contributed by atoms with E-state index in [0.717, 1.165) is 16.4 Å². The van der Waals surface area contributed by atoms with Crippen LogP contribution in [-0.2, 0) is 21.4 Å². The molecule has 0 unspecified atom stereocenters. The molecule has 10 nitrogen and oxygen atoms in total. The highest BCUT2D eigenvalue weighted by Crippen LogP contribution is 2.31. The molecule has 0 radical (unpaired) electrons.